The van der Waals surface area contributed by atoms with Gasteiger partial charge in [-0.2, -0.15) is 5.26 Å². The minimum Gasteiger partial charge on any atom is -0.494 e. The van der Waals surface area contributed by atoms with E-state index >= 15 is 0 Å². The number of thioether (sulfide) groups is 1. The van der Waals surface area contributed by atoms with E-state index in [1.807, 2.05) is 44.2 Å². The van der Waals surface area contributed by atoms with Gasteiger partial charge in [-0.1, -0.05) is 41.6 Å². The molecule has 3 rings (SSSR count). The number of benzene rings is 2. The summed E-state index contributed by atoms with van der Waals surface area (Å²) >= 11 is 1.11. The van der Waals surface area contributed by atoms with Crippen LogP contribution in [0.25, 0.3) is 11.3 Å². The van der Waals surface area contributed by atoms with Crippen molar-refractivity contribution >= 4 is 23.4 Å². The second-order valence-electron chi connectivity index (χ2n) is 6.78. The summed E-state index contributed by atoms with van der Waals surface area (Å²) in [7, 11) is 0. The van der Waals surface area contributed by atoms with E-state index in [1.54, 1.807) is 31.2 Å². The van der Waals surface area contributed by atoms with Crippen molar-refractivity contribution in [2.45, 2.75) is 31.2 Å². The summed E-state index contributed by atoms with van der Waals surface area (Å²) in [5.74, 6) is 0.490. The molecule has 0 saturated heterocycles. The Morgan fingerprint density at radius 3 is 2.52 bits per heavy atom. The zero-order valence-electron chi connectivity index (χ0n) is 17.4. The fourth-order valence-electron chi connectivity index (χ4n) is 2.80. The van der Waals surface area contributed by atoms with E-state index < -0.39 is 10.8 Å². The smallest absolute Gasteiger partial charge is 0.270 e. The molecule has 1 heterocycles. The van der Waals surface area contributed by atoms with E-state index in [9.17, 15) is 14.9 Å². The molecule has 0 aliphatic heterocycles. The molecule has 3 aromatic rings. The molecule has 1 amide bonds. The minimum absolute atomic E-state index is 0.0558. The van der Waals surface area contributed by atoms with Gasteiger partial charge >= 0.3 is 0 Å². The van der Waals surface area contributed by atoms with Crippen molar-refractivity contribution in [3.8, 4) is 23.1 Å². The van der Waals surface area contributed by atoms with Gasteiger partial charge in [-0.15, -0.1) is 0 Å². The van der Waals surface area contributed by atoms with Crippen molar-refractivity contribution in [1.29, 1.82) is 5.26 Å². The molecule has 7 nitrogen and oxygen atoms in total. The molecule has 0 spiro atoms. The highest BCUT2D eigenvalue weighted by Crippen LogP contribution is 2.25. The second-order valence-corrected chi connectivity index (χ2v) is 8.11. The summed E-state index contributed by atoms with van der Waals surface area (Å²) in [6, 6.07) is 16.4. The highest BCUT2D eigenvalue weighted by atomic mass is 32.2. The number of carbonyl (C=O) groups is 1. The maximum atomic E-state index is 12.6. The van der Waals surface area contributed by atoms with Crippen molar-refractivity contribution in [1.82, 2.24) is 9.97 Å². The molecule has 2 N–H and O–H groups in total. The van der Waals surface area contributed by atoms with Crippen LogP contribution in [0.4, 0.5) is 5.69 Å². The Labute approximate surface area is 184 Å². The van der Waals surface area contributed by atoms with Gasteiger partial charge in [-0.25, -0.2) is 4.98 Å². The number of nitrogens with zero attached hydrogens (tertiary/aromatic N) is 2. The average molecular weight is 435 g/mol. The van der Waals surface area contributed by atoms with Gasteiger partial charge in [0.15, 0.2) is 5.16 Å². The molecule has 0 aliphatic carbocycles. The number of amides is 1. The van der Waals surface area contributed by atoms with Crippen LogP contribution in [0.3, 0.4) is 0 Å². The van der Waals surface area contributed by atoms with E-state index in [1.165, 1.54) is 0 Å². The molecule has 0 bridgehead atoms. The Morgan fingerprint density at radius 2 is 1.90 bits per heavy atom. The van der Waals surface area contributed by atoms with Crippen LogP contribution in [0.15, 0.2) is 58.5 Å². The number of nitrogens with one attached hydrogen (secondary N) is 2. The zero-order valence-corrected chi connectivity index (χ0v) is 18.2. The number of aromatic nitrogens is 2. The lowest BCUT2D eigenvalue weighted by Gasteiger charge is -2.13. The Kier molecular flexibility index (Phi) is 7.11. The summed E-state index contributed by atoms with van der Waals surface area (Å²) in [6.45, 7) is 6.14. The first-order valence-electron chi connectivity index (χ1n) is 9.73. The number of aryl methyl sites for hydroxylation is 1. The Hall–Kier alpha value is -3.57. The van der Waals surface area contributed by atoms with Crippen LogP contribution >= 0.6 is 11.8 Å². The quantitative estimate of drug-likeness (QED) is 0.427. The van der Waals surface area contributed by atoms with Crippen molar-refractivity contribution in [2.24, 2.45) is 0 Å². The summed E-state index contributed by atoms with van der Waals surface area (Å²) in [6.07, 6.45) is 0. The van der Waals surface area contributed by atoms with Crippen LogP contribution in [0.1, 0.15) is 25.0 Å². The van der Waals surface area contributed by atoms with Crippen LogP contribution in [0.5, 0.6) is 5.75 Å². The molecule has 0 aliphatic rings. The number of nitriles is 1. The molecule has 0 unspecified atom stereocenters. The van der Waals surface area contributed by atoms with Crippen LogP contribution in [0.2, 0.25) is 0 Å². The van der Waals surface area contributed by atoms with Crippen molar-refractivity contribution < 1.29 is 9.53 Å². The van der Waals surface area contributed by atoms with Gasteiger partial charge in [-0.3, -0.25) is 9.59 Å². The number of H-pyrrole nitrogens is 1. The summed E-state index contributed by atoms with van der Waals surface area (Å²) in [5, 5.41) is 12.0. The van der Waals surface area contributed by atoms with Gasteiger partial charge in [0.05, 0.1) is 17.6 Å². The number of anilines is 1. The van der Waals surface area contributed by atoms with E-state index in [4.69, 9.17) is 4.74 Å². The fraction of sp³-hybridized carbons (Fsp3) is 0.217. The van der Waals surface area contributed by atoms with E-state index in [-0.39, 0.29) is 16.6 Å². The van der Waals surface area contributed by atoms with Crippen LogP contribution in [0, 0.1) is 18.3 Å². The zero-order chi connectivity index (χ0) is 22.4. The molecule has 2 aromatic carbocycles. The molecular formula is C23H22N4O3S. The summed E-state index contributed by atoms with van der Waals surface area (Å²) in [5.41, 5.74) is 2.08. The SMILES string of the molecule is CCOc1ccc(NC(=O)[C@@H](C)Sc2nc(-c3ccc(C)cc3)c(C#N)c(=O)[nH]2)cc1. The van der Waals surface area contributed by atoms with Gasteiger partial charge in [0.2, 0.25) is 5.91 Å². The minimum atomic E-state index is -0.534. The second kappa shape index (κ2) is 9.96. The molecule has 0 saturated carbocycles. The lowest BCUT2D eigenvalue weighted by atomic mass is 10.1. The van der Waals surface area contributed by atoms with Crippen molar-refractivity contribution in [3.63, 3.8) is 0 Å². The third-order valence-electron chi connectivity index (χ3n) is 4.42. The Balaban J connectivity index is 1.78. The van der Waals surface area contributed by atoms with E-state index in [2.05, 4.69) is 15.3 Å². The molecule has 1 aromatic heterocycles. The standard InChI is InChI=1S/C23H22N4O3S/c1-4-30-18-11-9-17(10-12-18)25-21(28)15(3)31-23-26-20(19(13-24)22(29)27-23)16-7-5-14(2)6-8-16/h5-12,15H,4H2,1-3H3,(H,25,28)(H,26,27,29)/t15-/m1/s1. The third kappa shape index (κ3) is 5.53. The molecule has 158 valence electrons. The molecule has 1 atom stereocenters. The highest BCUT2D eigenvalue weighted by molar-refractivity contribution is 8.00. The van der Waals surface area contributed by atoms with Crippen LogP contribution in [-0.2, 0) is 4.79 Å². The number of carbonyl (C=O) groups excluding carboxylic acids is 1. The highest BCUT2D eigenvalue weighted by Gasteiger charge is 2.19. The fourth-order valence-corrected chi connectivity index (χ4v) is 3.59. The van der Waals surface area contributed by atoms with Crippen molar-refractivity contribution in [3.05, 3.63) is 70.0 Å². The Morgan fingerprint density at radius 1 is 1.23 bits per heavy atom. The first kappa shape index (κ1) is 22.1. The average Bonchev–Trinajstić information content (AvgIpc) is 2.75. The molecule has 0 radical (unpaired) electrons. The van der Waals surface area contributed by atoms with Gasteiger partial charge in [-0.05, 0) is 45.0 Å². The van der Waals surface area contributed by atoms with E-state index in [0.717, 1.165) is 23.1 Å². The van der Waals surface area contributed by atoms with Crippen molar-refractivity contribution in [2.75, 3.05) is 11.9 Å². The maximum Gasteiger partial charge on any atom is 0.270 e. The number of ether oxygens (including phenoxy) is 1. The van der Waals surface area contributed by atoms with E-state index in [0.29, 0.717) is 23.6 Å². The topological polar surface area (TPSA) is 108 Å². The third-order valence-corrected chi connectivity index (χ3v) is 5.41. The molecule has 0 fully saturated rings. The monoisotopic (exact) mass is 434 g/mol. The first-order chi connectivity index (χ1) is 14.9. The Bertz CT molecular complexity index is 1170. The maximum absolute atomic E-state index is 12.6. The lowest BCUT2D eigenvalue weighted by molar-refractivity contribution is -0.115. The lowest BCUT2D eigenvalue weighted by Crippen LogP contribution is -2.23. The molecule has 31 heavy (non-hydrogen) atoms. The predicted molar refractivity (Wildman–Crippen MR) is 121 cm³/mol. The predicted octanol–water partition coefficient (Wildman–Crippen LogP) is 4.14. The number of aromatic amines is 1. The van der Waals surface area contributed by atoms with Crippen LogP contribution < -0.4 is 15.6 Å². The number of hydrogen-bond donors (Lipinski definition) is 2. The van der Waals surface area contributed by atoms with Gasteiger partial charge in [0.25, 0.3) is 5.56 Å². The number of hydrogen-bond acceptors (Lipinski definition) is 6. The normalized spacial score (nSPS) is 11.4. The van der Waals surface area contributed by atoms with Gasteiger partial charge in [0.1, 0.15) is 17.4 Å². The largest absolute Gasteiger partial charge is 0.494 e. The van der Waals surface area contributed by atoms with Gasteiger partial charge < -0.3 is 15.0 Å². The summed E-state index contributed by atoms with van der Waals surface area (Å²) < 4.78 is 5.39. The molecule has 8 heteroatoms. The summed E-state index contributed by atoms with van der Waals surface area (Å²) in [4.78, 5) is 32.1. The van der Waals surface area contributed by atoms with Gasteiger partial charge in [0, 0.05) is 11.3 Å². The molecular weight excluding hydrogens is 412 g/mol. The number of rotatable bonds is 7. The first-order valence-corrected chi connectivity index (χ1v) is 10.6. The van der Waals surface area contributed by atoms with Crippen LogP contribution in [-0.4, -0.2) is 27.7 Å².